The van der Waals surface area contributed by atoms with E-state index in [-0.39, 0.29) is 18.1 Å². The lowest BCUT2D eigenvalue weighted by molar-refractivity contribution is -0.124. The fraction of sp³-hybridized carbons (Fsp3) is 0.154. The van der Waals surface area contributed by atoms with E-state index in [0.29, 0.717) is 5.69 Å². The lowest BCUT2D eigenvalue weighted by Crippen LogP contribution is -2.14. The molecule has 17 heavy (non-hydrogen) atoms. The topological polar surface area (TPSA) is 59.1 Å². The van der Waals surface area contributed by atoms with Crippen molar-refractivity contribution in [1.82, 2.24) is 4.98 Å². The number of ketones is 1. The number of hydrogen-bond acceptors (Lipinski definition) is 3. The van der Waals surface area contributed by atoms with Crippen LogP contribution in [0.4, 0.5) is 5.69 Å². The highest BCUT2D eigenvalue weighted by molar-refractivity contribution is 6.07. The number of carbonyl (C=O) groups is 2. The second kappa shape index (κ2) is 4.74. The highest BCUT2D eigenvalue weighted by atomic mass is 16.2. The van der Waals surface area contributed by atoms with E-state index in [9.17, 15) is 9.59 Å². The van der Waals surface area contributed by atoms with E-state index in [1.807, 2.05) is 18.2 Å². The Bertz CT molecular complexity index is 573. The van der Waals surface area contributed by atoms with Crippen molar-refractivity contribution in [3.8, 4) is 0 Å². The van der Waals surface area contributed by atoms with E-state index < -0.39 is 0 Å². The number of benzene rings is 1. The molecule has 1 heterocycles. The molecule has 0 radical (unpaired) electrons. The first-order valence-electron chi connectivity index (χ1n) is 5.29. The summed E-state index contributed by atoms with van der Waals surface area (Å²) in [5.41, 5.74) is 0.705. The van der Waals surface area contributed by atoms with Gasteiger partial charge in [-0.15, -0.1) is 0 Å². The second-order valence-electron chi connectivity index (χ2n) is 3.83. The van der Waals surface area contributed by atoms with Crippen LogP contribution in [0.3, 0.4) is 0 Å². The van der Waals surface area contributed by atoms with Crippen molar-refractivity contribution < 1.29 is 9.59 Å². The highest BCUT2D eigenvalue weighted by Crippen LogP contribution is 2.22. The van der Waals surface area contributed by atoms with Gasteiger partial charge in [0, 0.05) is 28.9 Å². The monoisotopic (exact) mass is 228 g/mol. The van der Waals surface area contributed by atoms with Crippen molar-refractivity contribution in [3.05, 3.63) is 36.7 Å². The van der Waals surface area contributed by atoms with Crippen molar-refractivity contribution >= 4 is 28.2 Å². The molecule has 0 aliphatic heterocycles. The lowest BCUT2D eigenvalue weighted by atomic mass is 10.1. The average Bonchev–Trinajstić information content (AvgIpc) is 2.28. The summed E-state index contributed by atoms with van der Waals surface area (Å²) in [6.07, 6.45) is 3.31. The summed E-state index contributed by atoms with van der Waals surface area (Å²) >= 11 is 0. The van der Waals surface area contributed by atoms with Gasteiger partial charge in [0.1, 0.15) is 5.78 Å². The zero-order chi connectivity index (χ0) is 12.3. The fourth-order valence-electron chi connectivity index (χ4n) is 1.65. The number of fused-ring (bicyclic) bond motifs is 1. The van der Waals surface area contributed by atoms with Crippen LogP contribution in [0.2, 0.25) is 0 Å². The van der Waals surface area contributed by atoms with Gasteiger partial charge in [0.25, 0.3) is 0 Å². The minimum Gasteiger partial charge on any atom is -0.325 e. The van der Waals surface area contributed by atoms with Gasteiger partial charge in [0.2, 0.25) is 5.91 Å². The number of rotatable bonds is 3. The third kappa shape index (κ3) is 2.66. The molecule has 0 aliphatic rings. The Kier molecular flexibility index (Phi) is 3.14. The van der Waals surface area contributed by atoms with Crippen molar-refractivity contribution in [1.29, 1.82) is 0 Å². The number of carbonyl (C=O) groups excluding carboxylic acids is 2. The Labute approximate surface area is 98.7 Å². The predicted octanol–water partition coefficient (Wildman–Crippen LogP) is 2.15. The summed E-state index contributed by atoms with van der Waals surface area (Å²) in [6.45, 7) is 1.40. The maximum absolute atomic E-state index is 11.5. The van der Waals surface area contributed by atoms with Gasteiger partial charge < -0.3 is 5.32 Å². The number of nitrogens with zero attached hydrogens (tertiary/aromatic N) is 1. The highest BCUT2D eigenvalue weighted by Gasteiger charge is 2.07. The molecule has 86 valence electrons. The van der Waals surface area contributed by atoms with Gasteiger partial charge >= 0.3 is 0 Å². The molecule has 0 atom stereocenters. The van der Waals surface area contributed by atoms with Crippen LogP contribution in [0, 0.1) is 0 Å². The van der Waals surface area contributed by atoms with Gasteiger partial charge in [-0.3, -0.25) is 14.6 Å². The van der Waals surface area contributed by atoms with Crippen molar-refractivity contribution in [2.24, 2.45) is 0 Å². The molecular formula is C13H12N2O2. The number of nitrogens with one attached hydrogen (secondary N) is 1. The fourth-order valence-corrected chi connectivity index (χ4v) is 1.65. The summed E-state index contributed by atoms with van der Waals surface area (Å²) in [6, 6.07) is 7.40. The Morgan fingerprint density at radius 1 is 1.29 bits per heavy atom. The Balaban J connectivity index is 2.30. The van der Waals surface area contributed by atoms with Crippen molar-refractivity contribution in [2.75, 3.05) is 5.32 Å². The third-order valence-corrected chi connectivity index (χ3v) is 2.36. The zero-order valence-corrected chi connectivity index (χ0v) is 9.43. The zero-order valence-electron chi connectivity index (χ0n) is 9.43. The number of Topliss-reactive ketones (excluding diaryl/α,β-unsaturated/α-hetero) is 1. The Morgan fingerprint density at radius 3 is 2.88 bits per heavy atom. The quantitative estimate of drug-likeness (QED) is 0.819. The van der Waals surface area contributed by atoms with Crippen LogP contribution >= 0.6 is 0 Å². The van der Waals surface area contributed by atoms with Crippen LogP contribution in [-0.4, -0.2) is 16.7 Å². The smallest absolute Gasteiger partial charge is 0.231 e. The number of hydrogen-bond donors (Lipinski definition) is 1. The minimum absolute atomic E-state index is 0.0958. The molecule has 1 aromatic heterocycles. The van der Waals surface area contributed by atoms with Gasteiger partial charge in [-0.25, -0.2) is 0 Å². The van der Waals surface area contributed by atoms with Gasteiger partial charge in [-0.2, -0.15) is 0 Å². The van der Waals surface area contributed by atoms with E-state index in [1.54, 1.807) is 18.5 Å². The molecule has 2 rings (SSSR count). The molecule has 0 saturated carbocycles. The molecule has 4 nitrogen and oxygen atoms in total. The molecule has 0 saturated heterocycles. The summed E-state index contributed by atoms with van der Waals surface area (Å²) in [4.78, 5) is 26.4. The number of pyridine rings is 1. The van der Waals surface area contributed by atoms with Crippen LogP contribution in [0.5, 0.6) is 0 Å². The summed E-state index contributed by atoms with van der Waals surface area (Å²) < 4.78 is 0. The molecule has 0 aliphatic carbocycles. The second-order valence-corrected chi connectivity index (χ2v) is 3.83. The van der Waals surface area contributed by atoms with E-state index in [4.69, 9.17) is 0 Å². The van der Waals surface area contributed by atoms with Crippen molar-refractivity contribution in [3.63, 3.8) is 0 Å². The van der Waals surface area contributed by atoms with Crippen LogP contribution in [0.25, 0.3) is 10.8 Å². The molecule has 2 aromatic rings. The van der Waals surface area contributed by atoms with Crippen molar-refractivity contribution in [2.45, 2.75) is 13.3 Å². The molecule has 0 unspecified atom stereocenters. The standard InChI is InChI=1S/C13H12N2O2/c1-9(16)7-13(17)15-12-4-2-3-10-8-14-6-5-11(10)12/h2-6,8H,7H2,1H3,(H,15,17). The van der Waals surface area contributed by atoms with Crippen LogP contribution < -0.4 is 5.32 Å². The van der Waals surface area contributed by atoms with Crippen LogP contribution in [-0.2, 0) is 9.59 Å². The summed E-state index contributed by atoms with van der Waals surface area (Å²) in [5.74, 6) is -0.439. The predicted molar refractivity (Wildman–Crippen MR) is 65.7 cm³/mol. The van der Waals surface area contributed by atoms with Gasteiger partial charge in [0.05, 0.1) is 6.42 Å². The molecule has 0 bridgehead atoms. The van der Waals surface area contributed by atoms with Gasteiger partial charge in [-0.05, 0) is 19.1 Å². The van der Waals surface area contributed by atoms with Crippen LogP contribution in [0.15, 0.2) is 36.7 Å². The molecular weight excluding hydrogens is 216 g/mol. The summed E-state index contributed by atoms with van der Waals surface area (Å²) in [7, 11) is 0. The van der Waals surface area contributed by atoms with E-state index in [0.717, 1.165) is 10.8 Å². The Morgan fingerprint density at radius 2 is 2.12 bits per heavy atom. The average molecular weight is 228 g/mol. The van der Waals surface area contributed by atoms with Crippen LogP contribution in [0.1, 0.15) is 13.3 Å². The molecule has 1 amide bonds. The van der Waals surface area contributed by atoms with E-state index in [1.165, 1.54) is 6.92 Å². The lowest BCUT2D eigenvalue weighted by Gasteiger charge is -2.07. The van der Waals surface area contributed by atoms with E-state index in [2.05, 4.69) is 10.3 Å². The maximum atomic E-state index is 11.5. The molecule has 1 aromatic carbocycles. The molecule has 4 heteroatoms. The normalized spacial score (nSPS) is 10.2. The third-order valence-electron chi connectivity index (χ3n) is 2.36. The first-order chi connectivity index (χ1) is 8.16. The molecule has 1 N–H and O–H groups in total. The maximum Gasteiger partial charge on any atom is 0.231 e. The molecule has 0 spiro atoms. The van der Waals surface area contributed by atoms with Gasteiger partial charge in [0.15, 0.2) is 0 Å². The molecule has 0 fully saturated rings. The number of amides is 1. The first kappa shape index (κ1) is 11.3. The minimum atomic E-state index is -0.290. The summed E-state index contributed by atoms with van der Waals surface area (Å²) in [5, 5.41) is 4.60. The number of aromatic nitrogens is 1. The van der Waals surface area contributed by atoms with E-state index >= 15 is 0 Å². The largest absolute Gasteiger partial charge is 0.325 e. The Hall–Kier alpha value is -2.23. The van der Waals surface area contributed by atoms with Gasteiger partial charge in [-0.1, -0.05) is 12.1 Å². The number of anilines is 1. The SMILES string of the molecule is CC(=O)CC(=O)Nc1cccc2cnccc12. The first-order valence-corrected chi connectivity index (χ1v) is 5.29.